The first-order chi connectivity index (χ1) is 10.6. The molecule has 1 aliphatic carbocycles. The minimum atomic E-state index is -0.279. The van der Waals surface area contributed by atoms with Gasteiger partial charge in [-0.2, -0.15) is 0 Å². The van der Waals surface area contributed by atoms with E-state index >= 15 is 0 Å². The van der Waals surface area contributed by atoms with Crippen molar-refractivity contribution in [2.24, 2.45) is 5.92 Å². The number of rotatable bonds is 5. The molecular weight excluding hydrogens is 284 g/mol. The van der Waals surface area contributed by atoms with E-state index in [0.29, 0.717) is 42.6 Å². The maximum absolute atomic E-state index is 12.0. The number of amides is 3. The van der Waals surface area contributed by atoms with Crippen LogP contribution in [0.2, 0.25) is 0 Å². The van der Waals surface area contributed by atoms with Gasteiger partial charge in [-0.15, -0.1) is 0 Å². The lowest BCUT2D eigenvalue weighted by Gasteiger charge is -2.15. The Hall–Kier alpha value is -2.05. The average molecular weight is 306 g/mol. The van der Waals surface area contributed by atoms with Gasteiger partial charge in [-0.05, 0) is 19.8 Å². The molecule has 120 valence electrons. The molecule has 1 unspecified atom stereocenters. The van der Waals surface area contributed by atoms with Gasteiger partial charge in [-0.1, -0.05) is 12.1 Å². The molecular formula is C15H22N4O3. The highest BCUT2D eigenvalue weighted by atomic mass is 16.5. The molecule has 22 heavy (non-hydrogen) atoms. The average Bonchev–Trinajstić information content (AvgIpc) is 3.19. The van der Waals surface area contributed by atoms with Crippen molar-refractivity contribution in [1.29, 1.82) is 0 Å². The highest BCUT2D eigenvalue weighted by Gasteiger charge is 2.39. The van der Waals surface area contributed by atoms with Crippen LogP contribution in [0.5, 0.6) is 0 Å². The Labute approximate surface area is 129 Å². The van der Waals surface area contributed by atoms with Crippen LogP contribution in [0.1, 0.15) is 37.6 Å². The molecule has 2 N–H and O–H groups in total. The minimum Gasteiger partial charge on any atom is -0.359 e. The van der Waals surface area contributed by atoms with E-state index in [2.05, 4.69) is 15.8 Å². The second kappa shape index (κ2) is 5.98. The first kappa shape index (κ1) is 14.9. The maximum atomic E-state index is 12.0. The molecule has 1 aromatic heterocycles. The molecule has 7 nitrogen and oxygen atoms in total. The van der Waals surface area contributed by atoms with Crippen molar-refractivity contribution in [3.05, 3.63) is 11.5 Å². The van der Waals surface area contributed by atoms with E-state index in [-0.39, 0.29) is 17.9 Å². The van der Waals surface area contributed by atoms with E-state index < -0.39 is 0 Å². The molecule has 2 heterocycles. The van der Waals surface area contributed by atoms with Gasteiger partial charge in [-0.25, -0.2) is 4.79 Å². The molecule has 0 radical (unpaired) electrons. The number of urea groups is 1. The van der Waals surface area contributed by atoms with Gasteiger partial charge in [0.15, 0.2) is 5.76 Å². The first-order valence-electron chi connectivity index (χ1n) is 7.88. The quantitative estimate of drug-likeness (QED) is 0.866. The molecule has 0 aromatic carbocycles. The number of nitrogens with zero attached hydrogens (tertiary/aromatic N) is 2. The van der Waals surface area contributed by atoms with Gasteiger partial charge >= 0.3 is 6.03 Å². The third-order valence-electron chi connectivity index (χ3n) is 4.27. The van der Waals surface area contributed by atoms with Crippen LogP contribution < -0.4 is 10.6 Å². The Morgan fingerprint density at radius 2 is 2.23 bits per heavy atom. The van der Waals surface area contributed by atoms with Crippen molar-refractivity contribution >= 4 is 17.6 Å². The molecule has 1 aliphatic heterocycles. The molecule has 1 saturated carbocycles. The summed E-state index contributed by atoms with van der Waals surface area (Å²) in [6.07, 6.45) is 3.45. The summed E-state index contributed by atoms with van der Waals surface area (Å²) in [5.74, 6) is 1.09. The molecule has 2 fully saturated rings. The summed E-state index contributed by atoms with van der Waals surface area (Å²) < 4.78 is 5.14. The van der Waals surface area contributed by atoms with Crippen LogP contribution in [0.4, 0.5) is 10.5 Å². The summed E-state index contributed by atoms with van der Waals surface area (Å²) in [4.78, 5) is 25.8. The zero-order valence-electron chi connectivity index (χ0n) is 13.0. The molecule has 1 atom stereocenters. The predicted octanol–water partition coefficient (Wildman–Crippen LogP) is 1.68. The fourth-order valence-corrected chi connectivity index (χ4v) is 2.90. The number of carbonyl (C=O) groups is 2. The number of aromatic nitrogens is 1. The van der Waals surface area contributed by atoms with Gasteiger partial charge in [0.05, 0.1) is 0 Å². The van der Waals surface area contributed by atoms with E-state index in [9.17, 15) is 9.59 Å². The third-order valence-corrected chi connectivity index (χ3v) is 4.27. The zero-order chi connectivity index (χ0) is 15.7. The van der Waals surface area contributed by atoms with Crippen molar-refractivity contribution in [1.82, 2.24) is 15.4 Å². The summed E-state index contributed by atoms with van der Waals surface area (Å²) in [7, 11) is 0. The Morgan fingerprint density at radius 1 is 1.45 bits per heavy atom. The standard InChI is InChI=1S/C15H22N4O3/c1-3-12-14(9(2)18-22-12)17-15(21)16-7-10-6-13(20)19(8-10)11-4-5-11/h10-11H,3-8H2,1-2H3,(H2,16,17,21). The van der Waals surface area contributed by atoms with Crippen LogP contribution in [0, 0.1) is 12.8 Å². The normalized spacial score (nSPS) is 21.3. The largest absolute Gasteiger partial charge is 0.359 e. The number of aryl methyl sites for hydroxylation is 2. The summed E-state index contributed by atoms with van der Waals surface area (Å²) >= 11 is 0. The molecule has 1 aromatic rings. The monoisotopic (exact) mass is 306 g/mol. The highest BCUT2D eigenvalue weighted by Crippen LogP contribution is 2.32. The predicted molar refractivity (Wildman–Crippen MR) is 80.5 cm³/mol. The van der Waals surface area contributed by atoms with Crippen molar-refractivity contribution in [2.75, 3.05) is 18.4 Å². The number of nitrogens with one attached hydrogen (secondary N) is 2. The van der Waals surface area contributed by atoms with Crippen LogP contribution in [0.15, 0.2) is 4.52 Å². The lowest BCUT2D eigenvalue weighted by Crippen LogP contribution is -2.34. The first-order valence-corrected chi connectivity index (χ1v) is 7.88. The summed E-state index contributed by atoms with van der Waals surface area (Å²) in [5, 5.41) is 9.49. The molecule has 1 saturated heterocycles. The SMILES string of the molecule is CCc1onc(C)c1NC(=O)NCC1CC(=O)N(C2CC2)C1. The molecule has 3 rings (SSSR count). The number of anilines is 1. The van der Waals surface area contributed by atoms with Crippen LogP contribution in [0.3, 0.4) is 0 Å². The molecule has 2 aliphatic rings. The fourth-order valence-electron chi connectivity index (χ4n) is 2.90. The number of likely N-dealkylation sites (tertiary alicyclic amines) is 1. The Morgan fingerprint density at radius 3 is 2.91 bits per heavy atom. The molecule has 3 amide bonds. The van der Waals surface area contributed by atoms with Crippen molar-refractivity contribution in [2.45, 2.75) is 45.6 Å². The Balaban J connectivity index is 1.48. The highest BCUT2D eigenvalue weighted by molar-refractivity contribution is 5.90. The van der Waals surface area contributed by atoms with Gasteiger partial charge < -0.3 is 20.1 Å². The summed E-state index contributed by atoms with van der Waals surface area (Å²) in [6.45, 7) is 5.00. The lowest BCUT2D eigenvalue weighted by atomic mass is 10.1. The number of hydrogen-bond donors (Lipinski definition) is 2. The smallest absolute Gasteiger partial charge is 0.319 e. The van der Waals surface area contributed by atoms with Gasteiger partial charge in [-0.3, -0.25) is 4.79 Å². The Bertz CT molecular complexity index is 579. The number of hydrogen-bond acceptors (Lipinski definition) is 4. The van der Waals surface area contributed by atoms with Crippen molar-refractivity contribution in [3.63, 3.8) is 0 Å². The second-order valence-electron chi connectivity index (χ2n) is 6.10. The van der Waals surface area contributed by atoms with E-state index in [4.69, 9.17) is 4.52 Å². The summed E-state index contributed by atoms with van der Waals surface area (Å²) in [6, 6.07) is 0.177. The van der Waals surface area contributed by atoms with Crippen molar-refractivity contribution in [3.8, 4) is 0 Å². The number of carbonyl (C=O) groups excluding carboxylic acids is 2. The topological polar surface area (TPSA) is 87.5 Å². The molecule has 0 bridgehead atoms. The Kier molecular flexibility index (Phi) is 4.04. The summed E-state index contributed by atoms with van der Waals surface area (Å²) in [5.41, 5.74) is 1.31. The van der Waals surface area contributed by atoms with Crippen LogP contribution >= 0.6 is 0 Å². The van der Waals surface area contributed by atoms with Crippen molar-refractivity contribution < 1.29 is 14.1 Å². The third kappa shape index (κ3) is 3.08. The van der Waals surface area contributed by atoms with Crippen LogP contribution in [-0.4, -0.2) is 41.1 Å². The minimum absolute atomic E-state index is 0.202. The second-order valence-corrected chi connectivity index (χ2v) is 6.10. The van der Waals surface area contributed by atoms with Crippen LogP contribution in [-0.2, 0) is 11.2 Å². The van der Waals surface area contributed by atoms with Crippen LogP contribution in [0.25, 0.3) is 0 Å². The van der Waals surface area contributed by atoms with Gasteiger partial charge in [0.25, 0.3) is 0 Å². The van der Waals surface area contributed by atoms with E-state index in [0.717, 1.165) is 19.4 Å². The fraction of sp³-hybridized carbons (Fsp3) is 0.667. The van der Waals surface area contributed by atoms with Gasteiger partial charge in [0, 0.05) is 37.9 Å². The maximum Gasteiger partial charge on any atom is 0.319 e. The van der Waals surface area contributed by atoms with E-state index in [1.54, 1.807) is 6.92 Å². The van der Waals surface area contributed by atoms with E-state index in [1.165, 1.54) is 0 Å². The molecule has 0 spiro atoms. The molecule has 7 heteroatoms. The van der Waals surface area contributed by atoms with Gasteiger partial charge in [0.1, 0.15) is 11.4 Å². The van der Waals surface area contributed by atoms with Gasteiger partial charge in [0.2, 0.25) is 5.91 Å². The zero-order valence-corrected chi connectivity index (χ0v) is 13.0. The lowest BCUT2D eigenvalue weighted by molar-refractivity contribution is -0.128. The van der Waals surface area contributed by atoms with E-state index in [1.807, 2.05) is 11.8 Å².